The first kappa shape index (κ1) is 13.8. The van der Waals surface area contributed by atoms with Crippen molar-refractivity contribution < 1.29 is 0 Å². The number of rotatable bonds is 7. The second-order valence-corrected chi connectivity index (χ2v) is 4.76. The molecule has 0 aromatic carbocycles. The van der Waals surface area contributed by atoms with E-state index in [9.17, 15) is 0 Å². The van der Waals surface area contributed by atoms with Crippen molar-refractivity contribution in [2.75, 3.05) is 6.54 Å². The first-order valence-electron chi connectivity index (χ1n) is 6.34. The fraction of sp³-hybridized carbons (Fsp3) is 0.643. The van der Waals surface area contributed by atoms with Crippen LogP contribution in [-0.2, 0) is 6.54 Å². The summed E-state index contributed by atoms with van der Waals surface area (Å²) in [6.45, 7) is 6.06. The zero-order valence-electron chi connectivity index (χ0n) is 10.9. The summed E-state index contributed by atoms with van der Waals surface area (Å²) in [6.07, 6.45) is 12.1. The van der Waals surface area contributed by atoms with Gasteiger partial charge in [-0.1, -0.05) is 13.8 Å². The SMILES string of the molecule is C#CCCCCn1cncc1C(CN)C(C)C. The smallest absolute Gasteiger partial charge is 0.0948 e. The molecule has 0 aliphatic rings. The molecule has 0 amide bonds. The van der Waals surface area contributed by atoms with Crippen LogP contribution in [0.3, 0.4) is 0 Å². The first-order chi connectivity index (χ1) is 8.20. The summed E-state index contributed by atoms with van der Waals surface area (Å²) in [5.74, 6) is 3.61. The predicted octanol–water partition coefficient (Wildman–Crippen LogP) is 2.38. The van der Waals surface area contributed by atoms with Crippen molar-refractivity contribution >= 4 is 0 Å². The molecule has 3 nitrogen and oxygen atoms in total. The van der Waals surface area contributed by atoms with E-state index in [0.29, 0.717) is 18.4 Å². The Morgan fingerprint density at radius 3 is 2.82 bits per heavy atom. The standard InChI is InChI=1S/C14H23N3/c1-4-5-6-7-8-17-11-16-10-14(17)13(9-15)12(2)3/h1,10-13H,5-9,15H2,2-3H3. The zero-order chi connectivity index (χ0) is 12.7. The van der Waals surface area contributed by atoms with Crippen molar-refractivity contribution in [2.45, 2.75) is 45.6 Å². The second-order valence-electron chi connectivity index (χ2n) is 4.76. The van der Waals surface area contributed by atoms with Crippen molar-refractivity contribution in [3.63, 3.8) is 0 Å². The Bertz CT molecular complexity index is 360. The molecular weight excluding hydrogens is 210 g/mol. The number of nitrogens with two attached hydrogens (primary N) is 1. The average molecular weight is 233 g/mol. The van der Waals surface area contributed by atoms with Crippen LogP contribution in [-0.4, -0.2) is 16.1 Å². The van der Waals surface area contributed by atoms with Gasteiger partial charge in [0.05, 0.1) is 6.33 Å². The highest BCUT2D eigenvalue weighted by molar-refractivity contribution is 5.08. The molecule has 1 aromatic rings. The van der Waals surface area contributed by atoms with Gasteiger partial charge in [-0.15, -0.1) is 12.3 Å². The van der Waals surface area contributed by atoms with E-state index in [1.165, 1.54) is 5.69 Å². The molecule has 0 radical (unpaired) electrons. The molecule has 0 saturated carbocycles. The molecule has 0 fully saturated rings. The molecule has 0 aliphatic heterocycles. The lowest BCUT2D eigenvalue weighted by Crippen LogP contribution is -2.21. The van der Waals surface area contributed by atoms with Crippen LogP contribution in [0.15, 0.2) is 12.5 Å². The predicted molar refractivity (Wildman–Crippen MR) is 71.5 cm³/mol. The minimum atomic E-state index is 0.394. The zero-order valence-corrected chi connectivity index (χ0v) is 10.9. The summed E-state index contributed by atoms with van der Waals surface area (Å²) >= 11 is 0. The summed E-state index contributed by atoms with van der Waals surface area (Å²) < 4.78 is 2.22. The quantitative estimate of drug-likeness (QED) is 0.580. The molecule has 94 valence electrons. The van der Waals surface area contributed by atoms with Crippen LogP contribution in [0.1, 0.15) is 44.7 Å². The topological polar surface area (TPSA) is 43.8 Å². The Balaban J connectivity index is 2.62. The Hall–Kier alpha value is -1.27. The molecule has 3 heteroatoms. The second kappa shape index (κ2) is 7.13. The van der Waals surface area contributed by atoms with Gasteiger partial charge in [0.25, 0.3) is 0 Å². The van der Waals surface area contributed by atoms with Crippen LogP contribution in [0.25, 0.3) is 0 Å². The Labute approximate surface area is 104 Å². The van der Waals surface area contributed by atoms with E-state index >= 15 is 0 Å². The monoisotopic (exact) mass is 233 g/mol. The van der Waals surface area contributed by atoms with Crippen molar-refractivity contribution in [3.8, 4) is 12.3 Å². The van der Waals surface area contributed by atoms with Gasteiger partial charge in [-0.3, -0.25) is 0 Å². The van der Waals surface area contributed by atoms with Gasteiger partial charge < -0.3 is 10.3 Å². The number of nitrogens with zero attached hydrogens (tertiary/aromatic N) is 2. The fourth-order valence-electron chi connectivity index (χ4n) is 2.07. The maximum atomic E-state index is 5.84. The molecule has 1 atom stereocenters. The maximum absolute atomic E-state index is 5.84. The van der Waals surface area contributed by atoms with Crippen LogP contribution in [0.4, 0.5) is 0 Å². The van der Waals surface area contributed by atoms with E-state index in [0.717, 1.165) is 25.8 Å². The largest absolute Gasteiger partial charge is 0.334 e. The highest BCUT2D eigenvalue weighted by atomic mass is 15.0. The van der Waals surface area contributed by atoms with Gasteiger partial charge in [0, 0.05) is 37.3 Å². The molecule has 0 aliphatic carbocycles. The molecular formula is C14H23N3. The highest BCUT2D eigenvalue weighted by Gasteiger charge is 2.17. The van der Waals surface area contributed by atoms with E-state index in [1.807, 2.05) is 12.5 Å². The van der Waals surface area contributed by atoms with Gasteiger partial charge in [0.2, 0.25) is 0 Å². The van der Waals surface area contributed by atoms with Crippen molar-refractivity contribution in [1.82, 2.24) is 9.55 Å². The van der Waals surface area contributed by atoms with Crippen molar-refractivity contribution in [1.29, 1.82) is 0 Å². The van der Waals surface area contributed by atoms with Crippen molar-refractivity contribution in [2.24, 2.45) is 11.7 Å². The van der Waals surface area contributed by atoms with E-state index in [-0.39, 0.29) is 0 Å². The lowest BCUT2D eigenvalue weighted by molar-refractivity contribution is 0.466. The summed E-state index contributed by atoms with van der Waals surface area (Å²) in [7, 11) is 0. The minimum Gasteiger partial charge on any atom is -0.334 e. The average Bonchev–Trinajstić information content (AvgIpc) is 2.73. The van der Waals surface area contributed by atoms with Crippen LogP contribution in [0.2, 0.25) is 0 Å². The Morgan fingerprint density at radius 2 is 2.24 bits per heavy atom. The van der Waals surface area contributed by atoms with E-state index < -0.39 is 0 Å². The molecule has 0 bridgehead atoms. The third kappa shape index (κ3) is 3.90. The fourth-order valence-corrected chi connectivity index (χ4v) is 2.07. The van der Waals surface area contributed by atoms with E-state index in [4.69, 9.17) is 12.2 Å². The van der Waals surface area contributed by atoms with Crippen LogP contribution in [0, 0.1) is 18.3 Å². The summed E-state index contributed by atoms with van der Waals surface area (Å²) in [5.41, 5.74) is 7.10. The number of terminal acetylenes is 1. The number of hydrogen-bond acceptors (Lipinski definition) is 2. The molecule has 1 heterocycles. The lowest BCUT2D eigenvalue weighted by Gasteiger charge is -2.20. The van der Waals surface area contributed by atoms with Crippen LogP contribution >= 0.6 is 0 Å². The normalized spacial score (nSPS) is 12.6. The number of imidazole rings is 1. The van der Waals surface area contributed by atoms with Gasteiger partial charge in [0.1, 0.15) is 0 Å². The first-order valence-corrected chi connectivity index (χ1v) is 6.34. The summed E-state index contributed by atoms with van der Waals surface area (Å²) in [4.78, 5) is 4.24. The summed E-state index contributed by atoms with van der Waals surface area (Å²) in [6, 6.07) is 0. The molecule has 2 N–H and O–H groups in total. The molecule has 1 rings (SSSR count). The molecule has 1 aromatic heterocycles. The highest BCUT2D eigenvalue weighted by Crippen LogP contribution is 2.23. The Morgan fingerprint density at radius 1 is 1.47 bits per heavy atom. The third-order valence-electron chi connectivity index (χ3n) is 3.15. The van der Waals surface area contributed by atoms with Gasteiger partial charge in [-0.05, 0) is 18.8 Å². The Kier molecular flexibility index (Phi) is 5.79. The van der Waals surface area contributed by atoms with Crippen molar-refractivity contribution in [3.05, 3.63) is 18.2 Å². The lowest BCUT2D eigenvalue weighted by atomic mass is 9.93. The van der Waals surface area contributed by atoms with E-state index in [2.05, 4.69) is 29.3 Å². The molecule has 0 spiro atoms. The van der Waals surface area contributed by atoms with Gasteiger partial charge in [-0.25, -0.2) is 4.98 Å². The van der Waals surface area contributed by atoms with Crippen LogP contribution in [0.5, 0.6) is 0 Å². The number of aryl methyl sites for hydroxylation is 1. The number of aromatic nitrogens is 2. The molecule has 1 unspecified atom stereocenters. The van der Waals surface area contributed by atoms with Gasteiger partial charge in [-0.2, -0.15) is 0 Å². The summed E-state index contributed by atoms with van der Waals surface area (Å²) in [5, 5.41) is 0. The van der Waals surface area contributed by atoms with Crippen LogP contribution < -0.4 is 5.73 Å². The van der Waals surface area contributed by atoms with Gasteiger partial charge in [0.15, 0.2) is 0 Å². The molecule has 17 heavy (non-hydrogen) atoms. The molecule has 0 saturated heterocycles. The number of hydrogen-bond donors (Lipinski definition) is 1. The number of unbranched alkanes of at least 4 members (excludes halogenated alkanes) is 2. The van der Waals surface area contributed by atoms with E-state index in [1.54, 1.807) is 0 Å². The van der Waals surface area contributed by atoms with Gasteiger partial charge >= 0.3 is 0 Å². The maximum Gasteiger partial charge on any atom is 0.0948 e. The third-order valence-corrected chi connectivity index (χ3v) is 3.15. The minimum absolute atomic E-state index is 0.394.